The van der Waals surface area contributed by atoms with Gasteiger partial charge in [-0.05, 0) is 97.3 Å². The van der Waals surface area contributed by atoms with Crippen molar-refractivity contribution in [2.24, 2.45) is 0 Å². The van der Waals surface area contributed by atoms with Crippen LogP contribution in [0.4, 0.5) is 4.79 Å². The highest BCUT2D eigenvalue weighted by atomic mass is 16.6. The third-order valence-corrected chi connectivity index (χ3v) is 13.6. The second-order valence-electron chi connectivity index (χ2n) is 18.1. The summed E-state index contributed by atoms with van der Waals surface area (Å²) in [7, 11) is 1.74. The molecule has 1 saturated heterocycles. The van der Waals surface area contributed by atoms with E-state index in [1.807, 2.05) is 57.2 Å². The number of unbranched alkanes of at least 4 members (excludes halogenated alkanes) is 1. The molecule has 1 atom stereocenters. The van der Waals surface area contributed by atoms with Gasteiger partial charge in [0, 0.05) is 68.9 Å². The smallest absolute Gasteiger partial charge is 0.414 e. The lowest BCUT2D eigenvalue weighted by atomic mass is 9.86. The Kier molecular flexibility index (Phi) is 12.3. The molecule has 350 valence electrons. The summed E-state index contributed by atoms with van der Waals surface area (Å²) in [4.78, 5) is 51.0. The zero-order valence-electron chi connectivity index (χ0n) is 38.5. The summed E-state index contributed by atoms with van der Waals surface area (Å²) < 4.78 is 14.2. The molecule has 0 spiro atoms. The summed E-state index contributed by atoms with van der Waals surface area (Å²) in [5.41, 5.74) is 4.84. The highest BCUT2D eigenvalue weighted by Crippen LogP contribution is 2.42. The molecule has 9 rings (SSSR count). The lowest BCUT2D eigenvalue weighted by molar-refractivity contribution is -0.172. The summed E-state index contributed by atoms with van der Waals surface area (Å²) in [6.45, 7) is 13.6. The molecule has 3 aromatic carbocycles. The largest absolute Gasteiger partial charge is 0.508 e. The van der Waals surface area contributed by atoms with Crippen molar-refractivity contribution in [2.75, 3.05) is 46.3 Å². The molecule has 67 heavy (non-hydrogen) atoms. The van der Waals surface area contributed by atoms with Crippen LogP contribution in [0.5, 0.6) is 23.3 Å². The molecule has 6 aromatic rings. The number of ether oxygens (including phenoxy) is 2. The Bertz CT molecular complexity index is 2960. The number of aromatic hydroxyl groups is 3. The highest BCUT2D eigenvalue weighted by molar-refractivity contribution is 5.90. The van der Waals surface area contributed by atoms with Crippen LogP contribution in [-0.4, -0.2) is 118 Å². The molecule has 3 aromatic heterocycles. The van der Waals surface area contributed by atoms with Gasteiger partial charge in [-0.15, -0.1) is 5.10 Å². The quantitative estimate of drug-likeness (QED) is 0.0755. The van der Waals surface area contributed by atoms with Crippen molar-refractivity contribution in [2.45, 2.75) is 84.6 Å². The molecular weight excluding hydrogens is 857 g/mol. The molecule has 1 unspecified atom stereocenters. The topological polar surface area (TPSA) is 209 Å². The molecule has 0 radical (unpaired) electrons. The van der Waals surface area contributed by atoms with Gasteiger partial charge in [-0.25, -0.2) is 19.1 Å². The van der Waals surface area contributed by atoms with Crippen LogP contribution < -0.4 is 10.3 Å². The number of carbonyl (C=O) groups is 2. The minimum atomic E-state index is -1.90. The summed E-state index contributed by atoms with van der Waals surface area (Å²) >= 11 is 0. The molecule has 0 saturated carbocycles. The number of rotatable bonds is 13. The van der Waals surface area contributed by atoms with E-state index >= 15 is 0 Å². The molecule has 17 heteroatoms. The molecule has 17 nitrogen and oxygen atoms in total. The highest BCUT2D eigenvalue weighted by Gasteiger charge is 2.45. The molecule has 0 bridgehead atoms. The van der Waals surface area contributed by atoms with Gasteiger partial charge in [-0.1, -0.05) is 44.9 Å². The van der Waals surface area contributed by atoms with Gasteiger partial charge < -0.3 is 44.3 Å². The zero-order chi connectivity index (χ0) is 47.3. The average molecular weight is 913 g/mol. The van der Waals surface area contributed by atoms with Crippen molar-refractivity contribution in [3.63, 3.8) is 0 Å². The molecule has 3 aliphatic rings. The number of aliphatic hydroxyl groups is 1. The first-order valence-electron chi connectivity index (χ1n) is 23.0. The van der Waals surface area contributed by atoms with Gasteiger partial charge in [-0.3, -0.25) is 9.69 Å². The summed E-state index contributed by atoms with van der Waals surface area (Å²) in [5.74, 6) is -0.258. The van der Waals surface area contributed by atoms with E-state index in [0.29, 0.717) is 52.4 Å². The molecule has 6 heterocycles. The zero-order valence-corrected chi connectivity index (χ0v) is 38.5. The number of nitrogens with zero attached hydrogens (tertiary/aromatic N) is 8. The van der Waals surface area contributed by atoms with E-state index in [2.05, 4.69) is 20.0 Å². The monoisotopic (exact) mass is 912 g/mol. The molecule has 0 aliphatic carbocycles. The number of carbonyl (C=O) groups excluding carboxylic acids is 2. The number of phenolic OH excluding ortho intramolecular Hbond substituents is 2. The van der Waals surface area contributed by atoms with Crippen LogP contribution >= 0.6 is 0 Å². The number of esters is 1. The number of benzene rings is 3. The van der Waals surface area contributed by atoms with Gasteiger partial charge in [0.05, 0.1) is 40.3 Å². The lowest BCUT2D eigenvalue weighted by Gasteiger charge is -2.34. The van der Waals surface area contributed by atoms with Crippen molar-refractivity contribution in [3.8, 4) is 51.7 Å². The van der Waals surface area contributed by atoms with Crippen LogP contribution in [0.1, 0.15) is 86.3 Å². The molecule has 4 N–H and O–H groups in total. The number of aromatic nitrogens is 5. The number of pyridine rings is 2. The third kappa shape index (κ3) is 8.36. The number of hydrogen-bond donors (Lipinski definition) is 4. The molecule has 3 aliphatic heterocycles. The number of fused-ring (bicyclic) bond motifs is 5. The fourth-order valence-corrected chi connectivity index (χ4v) is 9.67. The van der Waals surface area contributed by atoms with Crippen molar-refractivity contribution in [1.29, 1.82) is 0 Å². The Balaban J connectivity index is 0.756. The number of piperazine rings is 1. The lowest BCUT2D eigenvalue weighted by Crippen LogP contribution is -2.46. The number of cyclic esters (lactones) is 1. The van der Waals surface area contributed by atoms with Crippen LogP contribution in [-0.2, 0) is 41.2 Å². The minimum absolute atomic E-state index is 0.00297. The van der Waals surface area contributed by atoms with Crippen molar-refractivity contribution >= 4 is 23.0 Å². The third-order valence-electron chi connectivity index (χ3n) is 13.6. The predicted molar refractivity (Wildman–Crippen MR) is 249 cm³/mol. The van der Waals surface area contributed by atoms with Crippen LogP contribution in [0.2, 0.25) is 0 Å². The normalized spacial score (nSPS) is 17.1. The molecular formula is C50H56N8O9. The minimum Gasteiger partial charge on any atom is -0.508 e. The fraction of sp³-hybridized carbons (Fsp3) is 0.400. The number of aryl methyl sites for hydroxylation is 1. The van der Waals surface area contributed by atoms with Gasteiger partial charge in [0.1, 0.15) is 23.9 Å². The first-order chi connectivity index (χ1) is 32.2. The Hall–Kier alpha value is -6.82. The fourth-order valence-electron chi connectivity index (χ4n) is 9.67. The van der Waals surface area contributed by atoms with Crippen molar-refractivity contribution in [3.05, 3.63) is 104 Å². The average Bonchev–Trinajstić information content (AvgIpc) is 3.89. The maximum atomic E-state index is 13.7. The van der Waals surface area contributed by atoms with Crippen LogP contribution in [0, 0.1) is 0 Å². The number of hydrogen-bond acceptors (Lipinski definition) is 14. The van der Waals surface area contributed by atoms with Gasteiger partial charge in [-0.2, -0.15) is 0 Å². The van der Waals surface area contributed by atoms with E-state index in [-0.39, 0.29) is 65.5 Å². The van der Waals surface area contributed by atoms with Gasteiger partial charge in [0.2, 0.25) is 0 Å². The maximum absolute atomic E-state index is 13.7. The summed E-state index contributed by atoms with van der Waals surface area (Å²) in [6, 6.07) is 17.5. The Labute approximate surface area is 387 Å². The van der Waals surface area contributed by atoms with Crippen LogP contribution in [0.25, 0.3) is 39.4 Å². The van der Waals surface area contributed by atoms with E-state index in [1.54, 1.807) is 41.6 Å². The van der Waals surface area contributed by atoms with Gasteiger partial charge in [0.15, 0.2) is 11.4 Å². The molecule has 1 amide bonds. The first-order valence-corrected chi connectivity index (χ1v) is 23.0. The van der Waals surface area contributed by atoms with Crippen molar-refractivity contribution in [1.82, 2.24) is 39.0 Å². The Morgan fingerprint density at radius 1 is 0.910 bits per heavy atom. The van der Waals surface area contributed by atoms with Gasteiger partial charge in [0.25, 0.3) is 5.56 Å². The van der Waals surface area contributed by atoms with E-state index in [1.165, 1.54) is 10.6 Å². The number of phenols is 2. The summed E-state index contributed by atoms with van der Waals surface area (Å²) in [6.07, 6.45) is 2.01. The van der Waals surface area contributed by atoms with E-state index in [9.17, 15) is 34.8 Å². The predicted octanol–water partition coefficient (Wildman–Crippen LogP) is 6.16. The molecule has 1 fully saturated rings. The van der Waals surface area contributed by atoms with Crippen molar-refractivity contribution < 1.29 is 39.5 Å². The Morgan fingerprint density at radius 2 is 1.66 bits per heavy atom. The summed E-state index contributed by atoms with van der Waals surface area (Å²) in [5, 5.41) is 51.7. The standard InChI is InChI=1S/C50H56N8O9/c1-6-33-35-22-32(14-15-40(35)51-44-37(33)27-57-41(44)24-39-38(46(57)61)28-66-47(62)50(39,65)7-2)67-49(64)54(5)16-8-9-17-55-18-20-56(21-19-55)26-30-10-12-31(13-11-30)58-45(52-53-48(58)63)36-23-34(29(3)4)42(59)25-43(36)60/h10-15,22-25,29,59-60,65H,6-9,16-21,26-28H2,1-5H3,(H,53,63). The van der Waals surface area contributed by atoms with E-state index in [0.717, 1.165) is 74.2 Å². The van der Waals surface area contributed by atoms with E-state index < -0.39 is 17.7 Å². The maximum Gasteiger partial charge on any atom is 0.414 e. The SMILES string of the molecule is CCc1c2c(nc3ccc(OC(=O)N(C)CCCCN4CCN(Cc5ccc(-n6c(O)nnc6-c6cc(C(C)C)c(O)cc6O)cc5)CC4)cc13)-c1cc3c(c(=O)n1C2)COC(=O)C3(O)CC. The first kappa shape index (κ1) is 45.3. The number of amides is 1. The Morgan fingerprint density at radius 3 is 2.37 bits per heavy atom. The second kappa shape index (κ2) is 18.1. The van der Waals surface area contributed by atoms with E-state index in [4.69, 9.17) is 14.5 Å². The van der Waals surface area contributed by atoms with Crippen LogP contribution in [0.15, 0.2) is 65.5 Å². The van der Waals surface area contributed by atoms with Gasteiger partial charge >= 0.3 is 18.1 Å². The second-order valence-corrected chi connectivity index (χ2v) is 18.1. The van der Waals surface area contributed by atoms with Crippen LogP contribution in [0.3, 0.4) is 0 Å².